The third-order valence-corrected chi connectivity index (χ3v) is 7.54. The highest BCUT2D eigenvalue weighted by molar-refractivity contribution is 7.16. The number of fused-ring (bicyclic) bond motifs is 2. The van der Waals surface area contributed by atoms with Gasteiger partial charge in [-0.1, -0.05) is 16.8 Å². The summed E-state index contributed by atoms with van der Waals surface area (Å²) in [4.78, 5) is 14.9. The molecule has 2 atom stereocenters. The SMILES string of the molecule is CN(C)C(=O)c1ccc(-n2cc([C@@H]3C[C@]4(CCN3)OCCc3cc(Cl)sc34)nn2)cc1. The predicted octanol–water partition coefficient (Wildman–Crippen LogP) is 3.58. The summed E-state index contributed by atoms with van der Waals surface area (Å²) in [6.45, 7) is 1.56. The van der Waals surface area contributed by atoms with Crippen molar-refractivity contribution in [2.75, 3.05) is 27.2 Å². The molecule has 31 heavy (non-hydrogen) atoms. The third kappa shape index (κ3) is 3.78. The molecule has 3 aromatic rings. The van der Waals surface area contributed by atoms with Crippen LogP contribution in [0, 0.1) is 0 Å². The van der Waals surface area contributed by atoms with E-state index >= 15 is 0 Å². The number of nitrogens with one attached hydrogen (secondary N) is 1. The number of nitrogens with zero attached hydrogens (tertiary/aromatic N) is 4. The number of carbonyl (C=O) groups is 1. The minimum absolute atomic E-state index is 0.0249. The van der Waals surface area contributed by atoms with E-state index in [-0.39, 0.29) is 17.6 Å². The number of benzene rings is 1. The summed E-state index contributed by atoms with van der Waals surface area (Å²) >= 11 is 7.96. The largest absolute Gasteiger partial charge is 0.369 e. The monoisotopic (exact) mass is 457 g/mol. The Bertz CT molecular complexity index is 1110. The molecule has 2 aliphatic rings. The Morgan fingerprint density at radius 2 is 2.16 bits per heavy atom. The van der Waals surface area contributed by atoms with Crippen molar-refractivity contribution in [1.82, 2.24) is 25.2 Å². The standard InChI is InChI=1S/C22H24ClN5O2S/c1-27(2)21(29)14-3-5-16(6-4-14)28-13-18(25-26-28)17-12-22(8-9-24-17)20-15(7-10-30-22)11-19(23)31-20/h3-6,11,13,17,24H,7-10,12H2,1-2H3/t17-,22-/m0/s1. The fourth-order valence-electron chi connectivity index (χ4n) is 4.46. The number of ether oxygens (including phenoxy) is 1. The van der Waals surface area contributed by atoms with E-state index < -0.39 is 0 Å². The number of halogens is 1. The minimum atomic E-state index is -0.306. The lowest BCUT2D eigenvalue weighted by Crippen LogP contribution is -2.45. The highest BCUT2D eigenvalue weighted by atomic mass is 35.5. The molecule has 1 aromatic carbocycles. The second kappa shape index (κ2) is 8.02. The molecule has 1 N–H and O–H groups in total. The molecular formula is C22H24ClN5O2S. The van der Waals surface area contributed by atoms with E-state index in [1.807, 2.05) is 30.5 Å². The molecule has 1 fully saturated rings. The van der Waals surface area contributed by atoms with E-state index in [2.05, 4.69) is 21.7 Å². The van der Waals surface area contributed by atoms with Crippen molar-refractivity contribution in [3.8, 4) is 5.69 Å². The van der Waals surface area contributed by atoms with Gasteiger partial charge in [0.15, 0.2) is 0 Å². The normalized spacial score (nSPS) is 23.0. The summed E-state index contributed by atoms with van der Waals surface area (Å²) in [6.07, 6.45) is 4.58. The third-order valence-electron chi connectivity index (χ3n) is 6.05. The van der Waals surface area contributed by atoms with Crippen molar-refractivity contribution >= 4 is 28.8 Å². The van der Waals surface area contributed by atoms with Crippen LogP contribution in [0.5, 0.6) is 0 Å². The first-order chi connectivity index (χ1) is 14.9. The van der Waals surface area contributed by atoms with Crippen LogP contribution in [0.2, 0.25) is 4.34 Å². The van der Waals surface area contributed by atoms with Crippen molar-refractivity contribution in [3.63, 3.8) is 0 Å². The Labute approximate surface area is 190 Å². The zero-order valence-corrected chi connectivity index (χ0v) is 19.0. The van der Waals surface area contributed by atoms with Crippen LogP contribution in [-0.4, -0.2) is 53.0 Å². The van der Waals surface area contributed by atoms with Crippen molar-refractivity contribution < 1.29 is 9.53 Å². The maximum atomic E-state index is 12.1. The molecule has 0 radical (unpaired) electrons. The maximum absolute atomic E-state index is 12.1. The van der Waals surface area contributed by atoms with E-state index in [0.29, 0.717) is 5.56 Å². The number of amides is 1. The number of carbonyl (C=O) groups excluding carboxylic acids is 1. The molecule has 0 saturated carbocycles. The van der Waals surface area contributed by atoms with Crippen molar-refractivity contribution in [3.05, 3.63) is 62.6 Å². The predicted molar refractivity (Wildman–Crippen MR) is 120 cm³/mol. The average Bonchev–Trinajstić information content (AvgIpc) is 3.41. The number of rotatable bonds is 3. The smallest absolute Gasteiger partial charge is 0.253 e. The molecule has 1 spiro atoms. The van der Waals surface area contributed by atoms with Gasteiger partial charge in [0, 0.05) is 31.0 Å². The first-order valence-electron chi connectivity index (χ1n) is 10.4. The molecule has 162 valence electrons. The van der Waals surface area contributed by atoms with Gasteiger partial charge in [0.05, 0.1) is 28.9 Å². The van der Waals surface area contributed by atoms with Crippen LogP contribution in [-0.2, 0) is 16.8 Å². The van der Waals surface area contributed by atoms with Crippen LogP contribution >= 0.6 is 22.9 Å². The molecule has 0 bridgehead atoms. The summed E-state index contributed by atoms with van der Waals surface area (Å²) < 4.78 is 8.94. The molecule has 0 aliphatic carbocycles. The van der Waals surface area contributed by atoms with Crippen LogP contribution in [0.25, 0.3) is 5.69 Å². The number of thiophene rings is 1. The van der Waals surface area contributed by atoms with Gasteiger partial charge in [0.1, 0.15) is 11.3 Å². The first-order valence-corrected chi connectivity index (χ1v) is 11.5. The van der Waals surface area contributed by atoms with E-state index in [9.17, 15) is 4.79 Å². The molecule has 9 heteroatoms. The van der Waals surface area contributed by atoms with E-state index in [1.165, 1.54) is 10.4 Å². The number of aromatic nitrogens is 3. The summed E-state index contributed by atoms with van der Waals surface area (Å²) in [6, 6.07) is 9.52. The van der Waals surface area contributed by atoms with E-state index in [1.54, 1.807) is 35.0 Å². The number of hydrogen-bond acceptors (Lipinski definition) is 6. The van der Waals surface area contributed by atoms with Crippen molar-refractivity contribution in [2.24, 2.45) is 0 Å². The molecule has 7 nitrogen and oxygen atoms in total. The van der Waals surface area contributed by atoms with Crippen molar-refractivity contribution in [2.45, 2.75) is 30.9 Å². The van der Waals surface area contributed by atoms with Gasteiger partial charge in [0.2, 0.25) is 0 Å². The molecule has 1 amide bonds. The Balaban J connectivity index is 1.37. The van der Waals surface area contributed by atoms with Crippen LogP contribution in [0.3, 0.4) is 0 Å². The van der Waals surface area contributed by atoms with Gasteiger partial charge in [0.25, 0.3) is 5.91 Å². The summed E-state index contributed by atoms with van der Waals surface area (Å²) in [7, 11) is 3.49. The quantitative estimate of drug-likeness (QED) is 0.650. The van der Waals surface area contributed by atoms with Crippen LogP contribution in [0.1, 0.15) is 45.4 Å². The van der Waals surface area contributed by atoms with Gasteiger partial charge in [-0.15, -0.1) is 16.4 Å². The lowest BCUT2D eigenvalue weighted by Gasteiger charge is -2.43. The zero-order chi connectivity index (χ0) is 21.6. The molecule has 2 aliphatic heterocycles. The average molecular weight is 458 g/mol. The summed E-state index contributed by atoms with van der Waals surface area (Å²) in [5.41, 5.74) is 3.40. The Hall–Kier alpha value is -2.26. The van der Waals surface area contributed by atoms with Gasteiger partial charge in [-0.05, 0) is 55.3 Å². The first kappa shape index (κ1) is 20.6. The fraction of sp³-hybridized carbons (Fsp3) is 0.409. The lowest BCUT2D eigenvalue weighted by atomic mass is 9.82. The summed E-state index contributed by atoms with van der Waals surface area (Å²) in [5, 5.41) is 12.3. The molecule has 2 aromatic heterocycles. The van der Waals surface area contributed by atoms with Crippen LogP contribution in [0.15, 0.2) is 36.5 Å². The Morgan fingerprint density at radius 3 is 2.94 bits per heavy atom. The number of hydrogen-bond donors (Lipinski definition) is 1. The van der Waals surface area contributed by atoms with Gasteiger partial charge >= 0.3 is 0 Å². The van der Waals surface area contributed by atoms with E-state index in [0.717, 1.165) is 48.1 Å². The topological polar surface area (TPSA) is 72.3 Å². The molecule has 1 saturated heterocycles. The molecule has 4 heterocycles. The highest BCUT2D eigenvalue weighted by Crippen LogP contribution is 2.48. The fourth-order valence-corrected chi connectivity index (χ4v) is 5.95. The van der Waals surface area contributed by atoms with Gasteiger partial charge in [-0.2, -0.15) is 0 Å². The Kier molecular flexibility index (Phi) is 5.34. The highest BCUT2D eigenvalue weighted by Gasteiger charge is 2.44. The van der Waals surface area contributed by atoms with Gasteiger partial charge < -0.3 is 15.0 Å². The van der Waals surface area contributed by atoms with Gasteiger partial charge in [-0.3, -0.25) is 4.79 Å². The second-order valence-electron chi connectivity index (χ2n) is 8.29. The van der Waals surface area contributed by atoms with Crippen LogP contribution in [0.4, 0.5) is 0 Å². The molecule has 5 rings (SSSR count). The maximum Gasteiger partial charge on any atom is 0.253 e. The lowest BCUT2D eigenvalue weighted by molar-refractivity contribution is -0.0871. The minimum Gasteiger partial charge on any atom is -0.369 e. The molecule has 0 unspecified atom stereocenters. The van der Waals surface area contributed by atoms with Crippen molar-refractivity contribution in [1.29, 1.82) is 0 Å². The second-order valence-corrected chi connectivity index (χ2v) is 9.98. The summed E-state index contributed by atoms with van der Waals surface area (Å²) in [5.74, 6) is -0.0249. The number of piperidine rings is 1. The molecular weight excluding hydrogens is 434 g/mol. The van der Waals surface area contributed by atoms with Gasteiger partial charge in [-0.25, -0.2) is 4.68 Å². The zero-order valence-electron chi connectivity index (χ0n) is 17.5. The van der Waals surface area contributed by atoms with E-state index in [4.69, 9.17) is 16.3 Å². The Morgan fingerprint density at radius 1 is 1.35 bits per heavy atom. The van der Waals surface area contributed by atoms with Crippen LogP contribution < -0.4 is 5.32 Å².